The molecule has 0 saturated carbocycles. The predicted octanol–water partition coefficient (Wildman–Crippen LogP) is 3.92. The molecule has 0 unspecified atom stereocenters. The highest BCUT2D eigenvalue weighted by Crippen LogP contribution is 2.16. The highest BCUT2D eigenvalue weighted by molar-refractivity contribution is 6.29. The Hall–Kier alpha value is -0.950. The van der Waals surface area contributed by atoms with Crippen LogP contribution in [0.4, 0.5) is 0 Å². The fraction of sp³-hybridized carbons (Fsp3) is 0.385. The summed E-state index contributed by atoms with van der Waals surface area (Å²) in [5, 5.41) is 0.829. The third kappa shape index (κ3) is 3.60. The van der Waals surface area contributed by atoms with Gasteiger partial charge in [-0.25, -0.2) is 0 Å². The molecular weight excluding hydrogens is 206 g/mol. The van der Waals surface area contributed by atoms with E-state index < -0.39 is 0 Å². The van der Waals surface area contributed by atoms with Gasteiger partial charge in [0, 0.05) is 13.6 Å². The van der Waals surface area contributed by atoms with Crippen LogP contribution < -0.4 is 0 Å². The van der Waals surface area contributed by atoms with Gasteiger partial charge in [0.2, 0.25) is 0 Å². The minimum absolute atomic E-state index is 0.829. The van der Waals surface area contributed by atoms with E-state index in [9.17, 15) is 0 Å². The molecule has 0 aliphatic rings. The Balaban J connectivity index is 2.71. The SMILES string of the molecule is CC(C)=C(Cl)N(C)Cc1ccc(C)cc1. The standard InChI is InChI=1S/C13H18ClN/c1-10(2)13(14)15(4)9-12-7-5-11(3)6-8-12/h5-8H,9H2,1-4H3. The summed E-state index contributed by atoms with van der Waals surface area (Å²) in [7, 11) is 2.01. The molecule has 0 aliphatic carbocycles. The molecule has 0 spiro atoms. The third-order valence-corrected chi connectivity index (χ3v) is 2.95. The van der Waals surface area contributed by atoms with Gasteiger partial charge in [-0.3, -0.25) is 0 Å². The zero-order valence-electron chi connectivity index (χ0n) is 9.84. The number of hydrogen-bond acceptors (Lipinski definition) is 1. The lowest BCUT2D eigenvalue weighted by molar-refractivity contribution is 0.433. The van der Waals surface area contributed by atoms with Crippen molar-refractivity contribution in [1.82, 2.24) is 4.90 Å². The molecule has 0 amide bonds. The van der Waals surface area contributed by atoms with E-state index in [2.05, 4.69) is 36.1 Å². The molecule has 0 fully saturated rings. The van der Waals surface area contributed by atoms with Crippen molar-refractivity contribution in [2.24, 2.45) is 0 Å². The maximum atomic E-state index is 6.15. The van der Waals surface area contributed by atoms with Crippen molar-refractivity contribution in [2.75, 3.05) is 7.05 Å². The summed E-state index contributed by atoms with van der Waals surface area (Å²) in [5.41, 5.74) is 3.71. The Morgan fingerprint density at radius 3 is 2.20 bits per heavy atom. The van der Waals surface area contributed by atoms with Crippen molar-refractivity contribution >= 4 is 11.6 Å². The second kappa shape index (κ2) is 5.22. The second-order valence-corrected chi connectivity index (χ2v) is 4.49. The zero-order valence-corrected chi connectivity index (χ0v) is 10.6. The normalized spacial score (nSPS) is 9.93. The molecule has 0 atom stereocenters. The summed E-state index contributed by atoms with van der Waals surface area (Å²) in [6.45, 7) is 6.99. The van der Waals surface area contributed by atoms with Crippen molar-refractivity contribution in [3.63, 3.8) is 0 Å². The maximum Gasteiger partial charge on any atom is 0.103 e. The van der Waals surface area contributed by atoms with E-state index in [1.165, 1.54) is 11.1 Å². The van der Waals surface area contributed by atoms with E-state index in [1.807, 2.05) is 20.9 Å². The van der Waals surface area contributed by atoms with E-state index in [4.69, 9.17) is 11.6 Å². The van der Waals surface area contributed by atoms with Crippen LogP contribution in [0, 0.1) is 6.92 Å². The Labute approximate surface area is 97.4 Å². The number of halogens is 1. The van der Waals surface area contributed by atoms with E-state index in [1.54, 1.807) is 0 Å². The Morgan fingerprint density at radius 1 is 1.20 bits per heavy atom. The van der Waals surface area contributed by atoms with Crippen molar-refractivity contribution in [3.05, 3.63) is 46.1 Å². The van der Waals surface area contributed by atoms with Crippen LogP contribution in [0.2, 0.25) is 0 Å². The van der Waals surface area contributed by atoms with Crippen molar-refractivity contribution in [1.29, 1.82) is 0 Å². The molecule has 0 saturated heterocycles. The lowest BCUT2D eigenvalue weighted by atomic mass is 10.1. The van der Waals surface area contributed by atoms with Gasteiger partial charge >= 0.3 is 0 Å². The first kappa shape index (κ1) is 12.1. The minimum Gasteiger partial charge on any atom is -0.361 e. The van der Waals surface area contributed by atoms with Crippen LogP contribution in [-0.4, -0.2) is 11.9 Å². The van der Waals surface area contributed by atoms with E-state index >= 15 is 0 Å². The van der Waals surface area contributed by atoms with Crippen LogP contribution in [0.15, 0.2) is 35.0 Å². The largest absolute Gasteiger partial charge is 0.361 e. The average molecular weight is 224 g/mol. The van der Waals surface area contributed by atoms with Gasteiger partial charge in [0.15, 0.2) is 0 Å². The number of hydrogen-bond donors (Lipinski definition) is 0. The molecule has 82 valence electrons. The fourth-order valence-electron chi connectivity index (χ4n) is 1.42. The lowest BCUT2D eigenvalue weighted by Crippen LogP contribution is -2.14. The molecule has 0 bridgehead atoms. The highest BCUT2D eigenvalue weighted by atomic mass is 35.5. The van der Waals surface area contributed by atoms with Crippen molar-refractivity contribution < 1.29 is 0 Å². The molecular formula is C13H18ClN. The Morgan fingerprint density at radius 2 is 1.73 bits per heavy atom. The summed E-state index contributed by atoms with van der Waals surface area (Å²) in [4.78, 5) is 2.06. The molecule has 0 aliphatic heterocycles. The van der Waals surface area contributed by atoms with Gasteiger partial charge in [-0.15, -0.1) is 0 Å². The molecule has 0 heterocycles. The predicted molar refractivity (Wildman–Crippen MR) is 66.9 cm³/mol. The van der Waals surface area contributed by atoms with Gasteiger partial charge in [-0.1, -0.05) is 41.4 Å². The first-order valence-corrected chi connectivity index (χ1v) is 5.48. The zero-order chi connectivity index (χ0) is 11.4. The quantitative estimate of drug-likeness (QED) is 0.703. The van der Waals surface area contributed by atoms with Gasteiger partial charge in [0.05, 0.1) is 0 Å². The summed E-state index contributed by atoms with van der Waals surface area (Å²) < 4.78 is 0. The first-order valence-electron chi connectivity index (χ1n) is 5.10. The molecule has 2 heteroatoms. The first-order chi connectivity index (χ1) is 7.00. The van der Waals surface area contributed by atoms with Crippen molar-refractivity contribution in [2.45, 2.75) is 27.3 Å². The van der Waals surface area contributed by atoms with E-state index in [-0.39, 0.29) is 0 Å². The molecule has 1 aromatic carbocycles. The van der Waals surface area contributed by atoms with Gasteiger partial charge in [0.25, 0.3) is 0 Å². The van der Waals surface area contributed by atoms with Gasteiger partial charge in [-0.05, 0) is 31.9 Å². The van der Waals surface area contributed by atoms with Crippen LogP contribution >= 0.6 is 11.6 Å². The molecule has 0 radical (unpaired) electrons. The second-order valence-electron chi connectivity index (χ2n) is 4.13. The highest BCUT2D eigenvalue weighted by Gasteiger charge is 2.03. The molecule has 0 aromatic heterocycles. The summed E-state index contributed by atoms with van der Waals surface area (Å²) in [6.07, 6.45) is 0. The Kier molecular flexibility index (Phi) is 4.22. The number of benzene rings is 1. The summed E-state index contributed by atoms with van der Waals surface area (Å²) in [6, 6.07) is 8.53. The fourth-order valence-corrected chi connectivity index (χ4v) is 1.48. The summed E-state index contributed by atoms with van der Waals surface area (Å²) >= 11 is 6.15. The smallest absolute Gasteiger partial charge is 0.103 e. The van der Waals surface area contributed by atoms with E-state index in [0.717, 1.165) is 17.3 Å². The van der Waals surface area contributed by atoms with Gasteiger partial charge in [0.1, 0.15) is 5.16 Å². The molecule has 1 aromatic rings. The van der Waals surface area contributed by atoms with E-state index in [0.29, 0.717) is 0 Å². The summed E-state index contributed by atoms with van der Waals surface area (Å²) in [5.74, 6) is 0. The third-order valence-electron chi connectivity index (χ3n) is 2.29. The monoisotopic (exact) mass is 223 g/mol. The number of nitrogens with zero attached hydrogens (tertiary/aromatic N) is 1. The molecule has 1 rings (SSSR count). The van der Waals surface area contributed by atoms with Gasteiger partial charge < -0.3 is 4.90 Å². The van der Waals surface area contributed by atoms with Crippen molar-refractivity contribution in [3.8, 4) is 0 Å². The van der Waals surface area contributed by atoms with Gasteiger partial charge in [-0.2, -0.15) is 0 Å². The lowest BCUT2D eigenvalue weighted by Gasteiger charge is -2.19. The van der Waals surface area contributed by atoms with Crippen LogP contribution in [0.1, 0.15) is 25.0 Å². The van der Waals surface area contributed by atoms with Crippen LogP contribution in [0.25, 0.3) is 0 Å². The van der Waals surface area contributed by atoms with Crippen LogP contribution in [0.3, 0.4) is 0 Å². The number of aryl methyl sites for hydroxylation is 1. The number of rotatable bonds is 3. The van der Waals surface area contributed by atoms with Crippen LogP contribution in [0.5, 0.6) is 0 Å². The molecule has 0 N–H and O–H groups in total. The maximum absolute atomic E-state index is 6.15. The topological polar surface area (TPSA) is 3.24 Å². The molecule has 15 heavy (non-hydrogen) atoms. The molecule has 1 nitrogen and oxygen atoms in total. The van der Waals surface area contributed by atoms with Crippen LogP contribution in [-0.2, 0) is 6.54 Å². The average Bonchev–Trinajstić information content (AvgIpc) is 2.20. The number of allylic oxidation sites excluding steroid dienone is 1. The minimum atomic E-state index is 0.829. The Bertz CT molecular complexity index is 347.